The highest BCUT2D eigenvalue weighted by Crippen LogP contribution is 2.71. The monoisotopic (exact) mass is 221 g/mol. The summed E-state index contributed by atoms with van der Waals surface area (Å²) in [6, 6.07) is 0.116. The second-order valence-corrected chi connectivity index (χ2v) is 6.08. The van der Waals surface area contributed by atoms with Crippen LogP contribution in [0.25, 0.3) is 0 Å². The fourth-order valence-corrected chi connectivity index (χ4v) is 3.06. The Kier molecular flexibility index (Phi) is 2.42. The zero-order valence-electron chi connectivity index (χ0n) is 11.0. The lowest BCUT2D eigenvalue weighted by atomic mass is 10.0. The van der Waals surface area contributed by atoms with Gasteiger partial charge in [0.1, 0.15) is 0 Å². The number of nitrogens with two attached hydrogens (primary N) is 1. The van der Waals surface area contributed by atoms with Gasteiger partial charge in [0.25, 0.3) is 0 Å². The van der Waals surface area contributed by atoms with E-state index >= 15 is 0 Å². The van der Waals surface area contributed by atoms with Crippen LogP contribution >= 0.6 is 0 Å². The molecule has 90 valence electrons. The molecular formula is C13H23N3. The van der Waals surface area contributed by atoms with Crippen molar-refractivity contribution in [2.45, 2.75) is 47.2 Å². The number of rotatable bonds is 3. The van der Waals surface area contributed by atoms with Gasteiger partial charge < -0.3 is 5.73 Å². The standard InChI is InChI=1S/C13H23N3/c1-6-16-8-9(7-15-16)10(14)11-12(2,3)13(11,4)5/h7-8,10-11H,6,14H2,1-5H3. The first-order chi connectivity index (χ1) is 7.32. The van der Waals surface area contributed by atoms with E-state index in [0.717, 1.165) is 6.54 Å². The molecule has 1 aromatic heterocycles. The van der Waals surface area contributed by atoms with Crippen LogP contribution in [0.15, 0.2) is 12.4 Å². The van der Waals surface area contributed by atoms with Gasteiger partial charge >= 0.3 is 0 Å². The lowest BCUT2D eigenvalue weighted by Crippen LogP contribution is -2.15. The third kappa shape index (κ3) is 1.41. The van der Waals surface area contributed by atoms with E-state index in [1.807, 2.05) is 10.9 Å². The topological polar surface area (TPSA) is 43.8 Å². The third-order valence-electron chi connectivity index (χ3n) is 4.85. The van der Waals surface area contributed by atoms with Crippen molar-refractivity contribution in [2.24, 2.45) is 22.5 Å². The van der Waals surface area contributed by atoms with E-state index in [1.165, 1.54) is 5.56 Å². The lowest BCUT2D eigenvalue weighted by Gasteiger charge is -2.11. The second-order valence-electron chi connectivity index (χ2n) is 6.08. The molecule has 1 aromatic rings. The maximum atomic E-state index is 6.37. The SMILES string of the molecule is CCn1cc(C(N)C2C(C)(C)C2(C)C)cn1. The number of nitrogens with zero attached hydrogens (tertiary/aromatic N) is 2. The highest BCUT2D eigenvalue weighted by atomic mass is 15.3. The summed E-state index contributed by atoms with van der Waals surface area (Å²) >= 11 is 0. The van der Waals surface area contributed by atoms with Crippen LogP contribution in [0, 0.1) is 16.7 Å². The Hall–Kier alpha value is -0.830. The van der Waals surface area contributed by atoms with E-state index in [9.17, 15) is 0 Å². The van der Waals surface area contributed by atoms with Gasteiger partial charge in [-0.25, -0.2) is 0 Å². The minimum absolute atomic E-state index is 0.116. The molecule has 1 aliphatic rings. The summed E-state index contributed by atoms with van der Waals surface area (Å²) in [4.78, 5) is 0. The number of aryl methyl sites for hydroxylation is 1. The Morgan fingerprint density at radius 1 is 1.38 bits per heavy atom. The normalized spacial score (nSPS) is 24.4. The Morgan fingerprint density at radius 3 is 2.31 bits per heavy atom. The summed E-state index contributed by atoms with van der Waals surface area (Å²) < 4.78 is 1.94. The largest absolute Gasteiger partial charge is 0.324 e. The van der Waals surface area contributed by atoms with E-state index < -0.39 is 0 Å². The molecule has 1 aliphatic carbocycles. The van der Waals surface area contributed by atoms with Crippen LogP contribution in [0.4, 0.5) is 0 Å². The average Bonchev–Trinajstić information content (AvgIpc) is 2.59. The molecule has 0 saturated heterocycles. The number of aromatic nitrogens is 2. The Balaban J connectivity index is 2.18. The highest BCUT2D eigenvalue weighted by Gasteiger charge is 2.66. The van der Waals surface area contributed by atoms with Gasteiger partial charge in [-0.1, -0.05) is 27.7 Å². The predicted molar refractivity (Wildman–Crippen MR) is 65.9 cm³/mol. The van der Waals surface area contributed by atoms with Crippen LogP contribution in [0.5, 0.6) is 0 Å². The molecule has 1 fully saturated rings. The van der Waals surface area contributed by atoms with Crippen molar-refractivity contribution in [3.63, 3.8) is 0 Å². The molecule has 1 unspecified atom stereocenters. The third-order valence-corrected chi connectivity index (χ3v) is 4.85. The molecule has 1 atom stereocenters. The van der Waals surface area contributed by atoms with Crippen LogP contribution in [0.2, 0.25) is 0 Å². The van der Waals surface area contributed by atoms with E-state index in [-0.39, 0.29) is 6.04 Å². The van der Waals surface area contributed by atoms with Crippen molar-refractivity contribution < 1.29 is 0 Å². The summed E-state index contributed by atoms with van der Waals surface area (Å²) in [5.41, 5.74) is 8.21. The van der Waals surface area contributed by atoms with E-state index in [2.05, 4.69) is 45.9 Å². The minimum atomic E-state index is 0.116. The van der Waals surface area contributed by atoms with Gasteiger partial charge in [-0.2, -0.15) is 5.10 Å². The Morgan fingerprint density at radius 2 is 1.94 bits per heavy atom. The summed E-state index contributed by atoms with van der Waals surface area (Å²) in [6.07, 6.45) is 3.99. The van der Waals surface area contributed by atoms with Crippen molar-refractivity contribution in [2.75, 3.05) is 0 Å². The summed E-state index contributed by atoms with van der Waals surface area (Å²) in [7, 11) is 0. The molecule has 0 aromatic carbocycles. The molecule has 1 heterocycles. The first-order valence-corrected chi connectivity index (χ1v) is 6.10. The van der Waals surface area contributed by atoms with Gasteiger partial charge in [0, 0.05) is 24.3 Å². The molecule has 0 spiro atoms. The van der Waals surface area contributed by atoms with Gasteiger partial charge in [-0.15, -0.1) is 0 Å². The zero-order valence-corrected chi connectivity index (χ0v) is 11.0. The quantitative estimate of drug-likeness (QED) is 0.852. The summed E-state index contributed by atoms with van der Waals surface area (Å²) in [5, 5.41) is 4.30. The molecule has 3 heteroatoms. The molecule has 0 bridgehead atoms. The molecule has 16 heavy (non-hydrogen) atoms. The smallest absolute Gasteiger partial charge is 0.0537 e. The second kappa shape index (κ2) is 3.33. The maximum Gasteiger partial charge on any atom is 0.0537 e. The molecule has 1 saturated carbocycles. The van der Waals surface area contributed by atoms with E-state index in [1.54, 1.807) is 0 Å². The van der Waals surface area contributed by atoms with Crippen molar-refractivity contribution in [3.8, 4) is 0 Å². The van der Waals surface area contributed by atoms with E-state index in [4.69, 9.17) is 5.73 Å². The number of hydrogen-bond donors (Lipinski definition) is 1. The van der Waals surface area contributed by atoms with Gasteiger partial charge in [0.15, 0.2) is 0 Å². The Bertz CT molecular complexity index is 376. The molecule has 2 N–H and O–H groups in total. The predicted octanol–water partition coefficient (Wildman–Crippen LogP) is 2.59. The molecule has 3 nitrogen and oxygen atoms in total. The maximum absolute atomic E-state index is 6.37. The van der Waals surface area contributed by atoms with Crippen molar-refractivity contribution in [1.29, 1.82) is 0 Å². The van der Waals surface area contributed by atoms with Crippen molar-refractivity contribution in [1.82, 2.24) is 9.78 Å². The molecule has 0 aliphatic heterocycles. The van der Waals surface area contributed by atoms with Crippen LogP contribution in [0.1, 0.15) is 46.2 Å². The molecule has 0 amide bonds. The van der Waals surface area contributed by atoms with Crippen molar-refractivity contribution >= 4 is 0 Å². The van der Waals surface area contributed by atoms with E-state index in [0.29, 0.717) is 16.7 Å². The van der Waals surface area contributed by atoms with Crippen LogP contribution < -0.4 is 5.73 Å². The minimum Gasteiger partial charge on any atom is -0.324 e. The molecule has 2 rings (SSSR count). The molecule has 0 radical (unpaired) electrons. The molecular weight excluding hydrogens is 198 g/mol. The van der Waals surface area contributed by atoms with Gasteiger partial charge in [0.05, 0.1) is 6.20 Å². The van der Waals surface area contributed by atoms with Crippen LogP contribution in [-0.2, 0) is 6.54 Å². The summed E-state index contributed by atoms with van der Waals surface area (Å²) in [6.45, 7) is 12.2. The Labute approximate surface area is 98.0 Å². The van der Waals surface area contributed by atoms with Gasteiger partial charge in [-0.3, -0.25) is 4.68 Å². The number of hydrogen-bond acceptors (Lipinski definition) is 2. The first kappa shape index (κ1) is 11.6. The van der Waals surface area contributed by atoms with Gasteiger partial charge in [-0.05, 0) is 23.7 Å². The van der Waals surface area contributed by atoms with Crippen LogP contribution in [0.3, 0.4) is 0 Å². The first-order valence-electron chi connectivity index (χ1n) is 6.10. The van der Waals surface area contributed by atoms with Gasteiger partial charge in [0.2, 0.25) is 0 Å². The lowest BCUT2D eigenvalue weighted by molar-refractivity contribution is 0.457. The average molecular weight is 221 g/mol. The van der Waals surface area contributed by atoms with Crippen molar-refractivity contribution in [3.05, 3.63) is 18.0 Å². The highest BCUT2D eigenvalue weighted by molar-refractivity contribution is 5.23. The fourth-order valence-electron chi connectivity index (χ4n) is 3.06. The fraction of sp³-hybridized carbons (Fsp3) is 0.769. The van der Waals surface area contributed by atoms with Crippen LogP contribution in [-0.4, -0.2) is 9.78 Å². The summed E-state index contributed by atoms with van der Waals surface area (Å²) in [5.74, 6) is 0.550. The zero-order chi connectivity index (χ0) is 12.1.